The summed E-state index contributed by atoms with van der Waals surface area (Å²) < 4.78 is 4.93. The average molecular weight is 274 g/mol. The highest BCUT2D eigenvalue weighted by Crippen LogP contribution is 2.12. The van der Waals surface area contributed by atoms with Gasteiger partial charge in [0.25, 0.3) is 0 Å². The highest BCUT2D eigenvalue weighted by atomic mass is 16.4. The van der Waals surface area contributed by atoms with Crippen LogP contribution in [0.25, 0.3) is 0 Å². The van der Waals surface area contributed by atoms with Crippen LogP contribution in [0.1, 0.15) is 15.9 Å². The van der Waals surface area contributed by atoms with Gasteiger partial charge in [0.15, 0.2) is 0 Å². The molecule has 0 fully saturated rings. The molecule has 2 N–H and O–H groups in total. The number of furan rings is 1. The zero-order valence-corrected chi connectivity index (χ0v) is 10.9. The molecule has 20 heavy (non-hydrogen) atoms. The molecule has 2 amide bonds. The van der Waals surface area contributed by atoms with Crippen molar-refractivity contribution in [3.8, 4) is 0 Å². The Labute approximate surface area is 115 Å². The Balaban J connectivity index is 2.00. The van der Waals surface area contributed by atoms with Gasteiger partial charge >= 0.3 is 12.0 Å². The van der Waals surface area contributed by atoms with Gasteiger partial charge in [-0.3, -0.25) is 0 Å². The summed E-state index contributed by atoms with van der Waals surface area (Å²) in [6, 6.07) is 7.53. The Bertz CT molecular complexity index is 607. The molecule has 0 unspecified atom stereocenters. The molecule has 0 aliphatic carbocycles. The minimum Gasteiger partial charge on any atom is -0.478 e. The molecule has 0 aliphatic heterocycles. The molecule has 6 nitrogen and oxygen atoms in total. The minimum absolute atomic E-state index is 0.125. The third-order valence-corrected chi connectivity index (χ3v) is 2.71. The average Bonchev–Trinajstić information content (AvgIpc) is 2.91. The first-order valence-corrected chi connectivity index (χ1v) is 5.93. The third-order valence-electron chi connectivity index (χ3n) is 2.71. The van der Waals surface area contributed by atoms with E-state index >= 15 is 0 Å². The van der Waals surface area contributed by atoms with Crippen molar-refractivity contribution >= 4 is 17.7 Å². The lowest BCUT2D eigenvalue weighted by atomic mass is 10.2. The zero-order chi connectivity index (χ0) is 14.5. The van der Waals surface area contributed by atoms with Crippen LogP contribution in [0.3, 0.4) is 0 Å². The van der Waals surface area contributed by atoms with Gasteiger partial charge in [-0.2, -0.15) is 0 Å². The second-order valence-corrected chi connectivity index (χ2v) is 4.30. The molecule has 0 saturated carbocycles. The number of rotatable bonds is 4. The smallest absolute Gasteiger partial charge is 0.335 e. The first-order chi connectivity index (χ1) is 9.56. The number of hydrogen-bond donors (Lipinski definition) is 2. The molecule has 0 bridgehead atoms. The first kappa shape index (κ1) is 13.7. The third kappa shape index (κ3) is 3.38. The Kier molecular flexibility index (Phi) is 4.05. The van der Waals surface area contributed by atoms with Crippen LogP contribution < -0.4 is 5.32 Å². The quantitative estimate of drug-likeness (QED) is 0.897. The number of nitrogens with one attached hydrogen (secondary N) is 1. The van der Waals surface area contributed by atoms with Crippen LogP contribution in [0.5, 0.6) is 0 Å². The molecule has 1 aromatic carbocycles. The van der Waals surface area contributed by atoms with Gasteiger partial charge in [-0.1, -0.05) is 6.07 Å². The summed E-state index contributed by atoms with van der Waals surface area (Å²) in [5.41, 5.74) is 1.44. The second-order valence-electron chi connectivity index (χ2n) is 4.30. The Morgan fingerprint density at radius 2 is 2.15 bits per heavy atom. The van der Waals surface area contributed by atoms with Gasteiger partial charge in [-0.25, -0.2) is 9.59 Å². The number of carbonyl (C=O) groups is 2. The monoisotopic (exact) mass is 274 g/mol. The van der Waals surface area contributed by atoms with E-state index in [-0.39, 0.29) is 11.6 Å². The van der Waals surface area contributed by atoms with Crippen molar-refractivity contribution in [2.24, 2.45) is 0 Å². The number of hydrogen-bond acceptors (Lipinski definition) is 3. The van der Waals surface area contributed by atoms with Crippen LogP contribution >= 0.6 is 0 Å². The highest BCUT2D eigenvalue weighted by Gasteiger charge is 2.11. The van der Waals surface area contributed by atoms with Crippen molar-refractivity contribution in [3.63, 3.8) is 0 Å². The minimum atomic E-state index is -1.03. The number of amides is 2. The number of carbonyl (C=O) groups excluding carboxylic acids is 1. The Hall–Kier alpha value is -2.76. The van der Waals surface area contributed by atoms with E-state index in [1.54, 1.807) is 31.5 Å². The van der Waals surface area contributed by atoms with Gasteiger partial charge in [0.1, 0.15) is 0 Å². The lowest BCUT2D eigenvalue weighted by Gasteiger charge is -2.17. The van der Waals surface area contributed by atoms with Crippen LogP contribution in [0, 0.1) is 0 Å². The fourth-order valence-corrected chi connectivity index (χ4v) is 1.68. The van der Waals surface area contributed by atoms with Gasteiger partial charge in [0.2, 0.25) is 0 Å². The molecule has 0 spiro atoms. The van der Waals surface area contributed by atoms with Crippen LogP contribution in [0.15, 0.2) is 47.3 Å². The summed E-state index contributed by atoms with van der Waals surface area (Å²) in [5, 5.41) is 11.5. The molecule has 104 valence electrons. The van der Waals surface area contributed by atoms with E-state index in [9.17, 15) is 9.59 Å². The lowest BCUT2D eigenvalue weighted by molar-refractivity contribution is 0.0697. The molecule has 2 rings (SSSR count). The number of nitrogens with zero attached hydrogens (tertiary/aromatic N) is 1. The summed E-state index contributed by atoms with van der Waals surface area (Å²) >= 11 is 0. The summed E-state index contributed by atoms with van der Waals surface area (Å²) in [6.45, 7) is 0.404. The molecular weight excluding hydrogens is 260 g/mol. The van der Waals surface area contributed by atoms with Crippen molar-refractivity contribution < 1.29 is 19.1 Å². The lowest BCUT2D eigenvalue weighted by Crippen LogP contribution is -2.30. The molecule has 0 radical (unpaired) electrons. The van der Waals surface area contributed by atoms with E-state index in [1.165, 1.54) is 23.3 Å². The van der Waals surface area contributed by atoms with E-state index in [1.807, 2.05) is 0 Å². The normalized spacial score (nSPS) is 10.1. The van der Waals surface area contributed by atoms with E-state index in [0.29, 0.717) is 12.2 Å². The van der Waals surface area contributed by atoms with Crippen molar-refractivity contribution in [2.45, 2.75) is 6.54 Å². The number of anilines is 1. The van der Waals surface area contributed by atoms with Gasteiger partial charge in [-0.05, 0) is 24.3 Å². The van der Waals surface area contributed by atoms with Crippen LogP contribution in [-0.2, 0) is 6.54 Å². The zero-order valence-electron chi connectivity index (χ0n) is 10.9. The van der Waals surface area contributed by atoms with Crippen molar-refractivity contribution in [2.75, 3.05) is 12.4 Å². The van der Waals surface area contributed by atoms with Crippen molar-refractivity contribution in [1.29, 1.82) is 0 Å². The standard InChI is InChI=1S/C14H14N2O4/c1-16(8-10-5-6-20-9-10)14(19)15-12-4-2-3-11(7-12)13(17)18/h2-7,9H,8H2,1H3,(H,15,19)(H,17,18). The topological polar surface area (TPSA) is 82.8 Å². The van der Waals surface area contributed by atoms with E-state index in [4.69, 9.17) is 9.52 Å². The molecule has 1 heterocycles. The Morgan fingerprint density at radius 3 is 2.80 bits per heavy atom. The summed E-state index contributed by atoms with van der Waals surface area (Å²) in [5.74, 6) is -1.03. The molecule has 0 saturated heterocycles. The molecular formula is C14H14N2O4. The highest BCUT2D eigenvalue weighted by molar-refractivity contribution is 5.93. The molecule has 2 aromatic rings. The van der Waals surface area contributed by atoms with Crippen LogP contribution in [-0.4, -0.2) is 29.1 Å². The number of carboxylic acid groups (broad SMARTS) is 1. The fourth-order valence-electron chi connectivity index (χ4n) is 1.68. The number of carboxylic acids is 1. The summed E-state index contributed by atoms with van der Waals surface area (Å²) in [6.07, 6.45) is 3.10. The van der Waals surface area contributed by atoms with E-state index in [0.717, 1.165) is 5.56 Å². The SMILES string of the molecule is CN(Cc1ccoc1)C(=O)Nc1cccc(C(=O)O)c1. The maximum Gasteiger partial charge on any atom is 0.335 e. The van der Waals surface area contributed by atoms with Crippen molar-refractivity contribution in [3.05, 3.63) is 54.0 Å². The summed E-state index contributed by atoms with van der Waals surface area (Å²) in [7, 11) is 1.64. The number of urea groups is 1. The molecule has 1 aromatic heterocycles. The summed E-state index contributed by atoms with van der Waals surface area (Å²) in [4.78, 5) is 24.3. The maximum atomic E-state index is 12.0. The molecule has 0 aliphatic rings. The van der Waals surface area contributed by atoms with Gasteiger partial charge in [-0.15, -0.1) is 0 Å². The van der Waals surface area contributed by atoms with E-state index in [2.05, 4.69) is 5.32 Å². The fraction of sp³-hybridized carbons (Fsp3) is 0.143. The molecule has 6 heteroatoms. The predicted octanol–water partition coefficient (Wildman–Crippen LogP) is 2.64. The van der Waals surface area contributed by atoms with Crippen LogP contribution in [0.4, 0.5) is 10.5 Å². The van der Waals surface area contributed by atoms with E-state index < -0.39 is 5.97 Å². The van der Waals surface area contributed by atoms with Gasteiger partial charge in [0.05, 0.1) is 24.6 Å². The number of benzene rings is 1. The first-order valence-electron chi connectivity index (χ1n) is 5.93. The Morgan fingerprint density at radius 1 is 1.35 bits per heavy atom. The van der Waals surface area contributed by atoms with Gasteiger partial charge < -0.3 is 19.7 Å². The molecule has 0 atom stereocenters. The maximum absolute atomic E-state index is 12.0. The second kappa shape index (κ2) is 5.92. The van der Waals surface area contributed by atoms with Gasteiger partial charge in [0, 0.05) is 18.3 Å². The predicted molar refractivity (Wildman–Crippen MR) is 72.6 cm³/mol. The van der Waals surface area contributed by atoms with Crippen molar-refractivity contribution in [1.82, 2.24) is 4.90 Å². The largest absolute Gasteiger partial charge is 0.478 e. The van der Waals surface area contributed by atoms with Crippen LogP contribution in [0.2, 0.25) is 0 Å². The number of aromatic carboxylic acids is 1.